The van der Waals surface area contributed by atoms with Crippen LogP contribution in [0.25, 0.3) is 33.4 Å². The van der Waals surface area contributed by atoms with Crippen LogP contribution in [0.3, 0.4) is 0 Å². The van der Waals surface area contributed by atoms with Gasteiger partial charge >= 0.3 is 7.82 Å². The van der Waals surface area contributed by atoms with Crippen LogP contribution in [-0.2, 0) is 4.57 Å². The van der Waals surface area contributed by atoms with Crippen LogP contribution < -0.4 is 21.0 Å². The lowest BCUT2D eigenvalue weighted by Gasteiger charge is -2.35. The smallest absolute Gasteiger partial charge is 0.456 e. The summed E-state index contributed by atoms with van der Waals surface area (Å²) in [5, 5.41) is 3.90. The van der Waals surface area contributed by atoms with Gasteiger partial charge in [-0.3, -0.25) is 19.4 Å². The second-order valence-electron chi connectivity index (χ2n) is 12.1. The van der Waals surface area contributed by atoms with E-state index in [-0.39, 0.29) is 22.5 Å². The predicted molar refractivity (Wildman–Crippen MR) is 175 cm³/mol. The van der Waals surface area contributed by atoms with E-state index < -0.39 is 7.82 Å². The molecule has 0 unspecified atom stereocenters. The van der Waals surface area contributed by atoms with Crippen LogP contribution in [0.4, 0.5) is 0 Å². The van der Waals surface area contributed by atoms with Crippen LogP contribution in [0.5, 0.6) is 5.75 Å². The van der Waals surface area contributed by atoms with E-state index in [4.69, 9.17) is 26.9 Å². The molecule has 2 aromatic carbocycles. The number of nitrogens with two attached hydrogens (primary N) is 1. The average Bonchev–Trinajstić information content (AvgIpc) is 2.93. The molecule has 1 aliphatic heterocycles. The van der Waals surface area contributed by atoms with Crippen molar-refractivity contribution >= 4 is 42.3 Å². The first kappa shape index (κ1) is 33.4. The largest absolute Gasteiger partial charge is 0.524 e. The van der Waals surface area contributed by atoms with E-state index in [1.807, 2.05) is 6.07 Å². The first-order chi connectivity index (χ1) is 20.6. The Bertz CT molecular complexity index is 1770. The molecule has 234 valence electrons. The number of phosphoric ester groups is 1. The molecule has 4 rings (SSSR count). The monoisotopic (exact) mass is 642 g/mol. The third kappa shape index (κ3) is 8.36. The maximum absolute atomic E-state index is 12.2. The standard InChI is InChI=1S/C31H37N4O7PS/c1-34(2,13-11-32)15-16-35(3,4)14-12-33-31(44)21-5-6-22(20-36)27(17-21)30-25-9-7-23(37)18-28(25)41-29-19-24(8-10-26(29)30)42-43(38,39)40/h5-10,17-20H,11-16,32H2,1-4H3,(H-2,33,38,39,40,44)/p+2. The van der Waals surface area contributed by atoms with Crippen molar-refractivity contribution in [2.75, 3.05) is 67.5 Å². The summed E-state index contributed by atoms with van der Waals surface area (Å²) < 4.78 is 23.8. The van der Waals surface area contributed by atoms with Crippen molar-refractivity contribution < 1.29 is 37.1 Å². The molecule has 13 heteroatoms. The van der Waals surface area contributed by atoms with Gasteiger partial charge in [0, 0.05) is 46.3 Å². The van der Waals surface area contributed by atoms with E-state index in [1.165, 1.54) is 24.3 Å². The molecule has 0 spiro atoms. The molecule has 11 nitrogen and oxygen atoms in total. The quantitative estimate of drug-likeness (QED) is 0.0563. The number of aldehydes is 1. The zero-order valence-electron chi connectivity index (χ0n) is 25.3. The molecule has 0 bridgehead atoms. The normalized spacial score (nSPS) is 12.4. The SMILES string of the molecule is C[N+](C)(CCN)CC[N+](C)(C)CCNC(=S)c1ccc(C=O)c(-c2c3ccc(=O)cc-3oc3cc(OP(=O)(O)O)ccc23)c1. The Balaban J connectivity index is 1.67. The molecule has 0 atom stereocenters. The summed E-state index contributed by atoms with van der Waals surface area (Å²) in [5.74, 6) is 0.126. The summed E-state index contributed by atoms with van der Waals surface area (Å²) in [7, 11) is 3.91. The highest BCUT2D eigenvalue weighted by molar-refractivity contribution is 7.80. The van der Waals surface area contributed by atoms with Crippen molar-refractivity contribution in [3.63, 3.8) is 0 Å². The van der Waals surface area contributed by atoms with Crippen molar-refractivity contribution in [1.29, 1.82) is 0 Å². The second-order valence-corrected chi connectivity index (χ2v) is 13.7. The fourth-order valence-electron chi connectivity index (χ4n) is 5.04. The molecule has 2 aromatic rings. The molecule has 0 amide bonds. The third-order valence-electron chi connectivity index (χ3n) is 7.65. The molecular formula is C31H39N4O7PS+2. The highest BCUT2D eigenvalue weighted by Crippen LogP contribution is 2.44. The molecule has 1 aliphatic carbocycles. The average molecular weight is 643 g/mol. The van der Waals surface area contributed by atoms with Crippen molar-refractivity contribution in [2.24, 2.45) is 5.73 Å². The number of nitrogens with zero attached hydrogens (tertiary/aromatic N) is 2. The molecular weight excluding hydrogens is 603 g/mol. The van der Waals surface area contributed by atoms with Gasteiger partial charge in [-0.15, -0.1) is 0 Å². The highest BCUT2D eigenvalue weighted by Gasteiger charge is 2.24. The number of fused-ring (bicyclic) bond motifs is 2. The van der Waals surface area contributed by atoms with Crippen LogP contribution in [0.2, 0.25) is 0 Å². The third-order valence-corrected chi connectivity index (χ3v) is 8.48. The van der Waals surface area contributed by atoms with Gasteiger partial charge in [-0.05, 0) is 35.9 Å². The zero-order valence-corrected chi connectivity index (χ0v) is 27.0. The van der Waals surface area contributed by atoms with E-state index in [0.717, 1.165) is 41.4 Å². The number of hydrogen-bond donors (Lipinski definition) is 4. The van der Waals surface area contributed by atoms with E-state index in [2.05, 4.69) is 33.5 Å². The summed E-state index contributed by atoms with van der Waals surface area (Å²) in [4.78, 5) is 43.5. The molecule has 0 saturated heterocycles. The lowest BCUT2D eigenvalue weighted by molar-refractivity contribution is -0.944. The summed E-state index contributed by atoms with van der Waals surface area (Å²) in [6, 6.07) is 14.0. The summed E-state index contributed by atoms with van der Waals surface area (Å²) in [5.41, 5.74) is 8.53. The number of carbonyl (C=O) groups excluding carboxylic acids is 1. The topological polar surface area (TPSA) is 152 Å². The number of quaternary nitrogens is 2. The fraction of sp³-hybridized carbons (Fsp3) is 0.323. The van der Waals surface area contributed by atoms with E-state index in [0.29, 0.717) is 51.3 Å². The predicted octanol–water partition coefficient (Wildman–Crippen LogP) is 3.23. The Morgan fingerprint density at radius 2 is 1.68 bits per heavy atom. The minimum Gasteiger partial charge on any atom is -0.456 e. The van der Waals surface area contributed by atoms with Gasteiger partial charge in [-0.1, -0.05) is 24.4 Å². The van der Waals surface area contributed by atoms with Gasteiger partial charge in [0.25, 0.3) is 0 Å². The highest BCUT2D eigenvalue weighted by atomic mass is 32.1. The Hall–Kier alpha value is -3.48. The summed E-state index contributed by atoms with van der Waals surface area (Å²) in [6.45, 7) is 5.03. The minimum atomic E-state index is -4.82. The number of rotatable bonds is 13. The Morgan fingerprint density at radius 3 is 2.34 bits per heavy atom. The first-order valence-electron chi connectivity index (χ1n) is 14.1. The van der Waals surface area contributed by atoms with Crippen molar-refractivity contribution in [1.82, 2.24) is 5.32 Å². The van der Waals surface area contributed by atoms with Gasteiger partial charge in [0.05, 0.1) is 47.8 Å². The first-order valence-corrected chi connectivity index (χ1v) is 16.0. The number of hydrogen-bond acceptors (Lipinski definition) is 7. The number of carbonyl (C=O) groups is 1. The lowest BCUT2D eigenvalue weighted by atomic mass is 9.90. The Labute approximate surface area is 261 Å². The molecule has 0 fully saturated rings. The maximum atomic E-state index is 12.2. The van der Waals surface area contributed by atoms with Crippen molar-refractivity contribution in [3.8, 4) is 28.2 Å². The fourth-order valence-corrected chi connectivity index (χ4v) is 5.66. The van der Waals surface area contributed by atoms with Crippen LogP contribution in [-0.4, -0.2) is 97.5 Å². The summed E-state index contributed by atoms with van der Waals surface area (Å²) >= 11 is 5.76. The molecule has 44 heavy (non-hydrogen) atoms. The van der Waals surface area contributed by atoms with E-state index >= 15 is 0 Å². The molecule has 2 aliphatic rings. The van der Waals surface area contributed by atoms with Crippen LogP contribution in [0.1, 0.15) is 15.9 Å². The van der Waals surface area contributed by atoms with Gasteiger partial charge in [-0.25, -0.2) is 4.57 Å². The molecule has 0 aromatic heterocycles. The van der Waals surface area contributed by atoms with Gasteiger partial charge < -0.3 is 29.0 Å². The van der Waals surface area contributed by atoms with Gasteiger partial charge in [-0.2, -0.15) is 0 Å². The van der Waals surface area contributed by atoms with Crippen molar-refractivity contribution in [2.45, 2.75) is 0 Å². The number of nitrogens with one attached hydrogen (secondary N) is 1. The Kier molecular flexibility index (Phi) is 10.1. The summed E-state index contributed by atoms with van der Waals surface area (Å²) in [6.07, 6.45) is 0.745. The van der Waals surface area contributed by atoms with Crippen molar-refractivity contribution in [3.05, 3.63) is 75.9 Å². The van der Waals surface area contributed by atoms with Crippen LogP contribution in [0, 0.1) is 0 Å². The number of benzene rings is 3. The maximum Gasteiger partial charge on any atom is 0.524 e. The number of thiocarbonyl (C=S) groups is 1. The van der Waals surface area contributed by atoms with E-state index in [9.17, 15) is 23.9 Å². The minimum absolute atomic E-state index is 0.115. The second kappa shape index (κ2) is 13.3. The Morgan fingerprint density at radius 1 is 0.977 bits per heavy atom. The van der Waals surface area contributed by atoms with Crippen LogP contribution >= 0.6 is 20.0 Å². The van der Waals surface area contributed by atoms with Gasteiger partial charge in [0.1, 0.15) is 35.2 Å². The number of phosphoric acid groups is 1. The number of likely N-dealkylation sites (N-methyl/N-ethyl adjacent to an activating group) is 2. The van der Waals surface area contributed by atoms with E-state index in [1.54, 1.807) is 24.3 Å². The van der Waals surface area contributed by atoms with Gasteiger partial charge in [0.15, 0.2) is 11.7 Å². The molecule has 5 N–H and O–H groups in total. The molecule has 0 radical (unpaired) electrons. The lowest BCUT2D eigenvalue weighted by Crippen LogP contribution is -2.53. The zero-order chi connectivity index (χ0) is 32.3. The molecule has 1 heterocycles. The molecule has 0 saturated carbocycles. The van der Waals surface area contributed by atoms with Crippen LogP contribution in [0.15, 0.2) is 63.8 Å². The van der Waals surface area contributed by atoms with Gasteiger partial charge in [0.2, 0.25) is 0 Å².